The molecule has 0 radical (unpaired) electrons. The molecule has 0 aromatic carbocycles. The highest BCUT2D eigenvalue weighted by Gasteiger charge is 2.53. The molecule has 17 atom stereocenters. The van der Waals surface area contributed by atoms with E-state index in [1.165, 1.54) is 109 Å². The van der Waals surface area contributed by atoms with Gasteiger partial charge in [0, 0.05) is 6.42 Å². The summed E-state index contributed by atoms with van der Waals surface area (Å²) in [5.74, 6) is -0.269. The Morgan fingerprint density at radius 3 is 1.14 bits per heavy atom. The third-order valence-corrected chi connectivity index (χ3v) is 17.9. The van der Waals surface area contributed by atoms with Crippen LogP contribution in [0.3, 0.4) is 0 Å². The van der Waals surface area contributed by atoms with Gasteiger partial charge in [-0.3, -0.25) is 4.79 Å². The van der Waals surface area contributed by atoms with Crippen molar-refractivity contribution >= 4 is 5.91 Å². The van der Waals surface area contributed by atoms with Crippen molar-refractivity contribution in [1.29, 1.82) is 0 Å². The van der Waals surface area contributed by atoms with E-state index in [-0.39, 0.29) is 18.9 Å². The molecule has 0 spiro atoms. The van der Waals surface area contributed by atoms with Gasteiger partial charge in [-0.15, -0.1) is 0 Å². The van der Waals surface area contributed by atoms with Crippen molar-refractivity contribution in [3.8, 4) is 0 Å². The van der Waals surface area contributed by atoms with Gasteiger partial charge in [-0.1, -0.05) is 259 Å². The number of aliphatic hydroxyl groups is 11. The first-order valence-electron chi connectivity index (χ1n) is 37.0. The molecular weight excluding hydrogens is 1210 g/mol. The van der Waals surface area contributed by atoms with E-state index in [0.29, 0.717) is 12.8 Å². The number of amides is 1. The molecule has 548 valence electrons. The lowest BCUT2D eigenvalue weighted by atomic mass is 9.96. The van der Waals surface area contributed by atoms with Crippen molar-refractivity contribution in [3.63, 3.8) is 0 Å². The minimum Gasteiger partial charge on any atom is -0.394 e. The summed E-state index contributed by atoms with van der Waals surface area (Å²) in [6.45, 7) is 1.67. The summed E-state index contributed by atoms with van der Waals surface area (Å²) in [5, 5.41) is 121. The Hall–Kier alpha value is -3.29. The zero-order chi connectivity index (χ0) is 68.9. The Balaban J connectivity index is 1.42. The van der Waals surface area contributed by atoms with E-state index in [9.17, 15) is 61.0 Å². The Labute approximate surface area is 571 Å². The van der Waals surface area contributed by atoms with Gasteiger partial charge in [0.25, 0.3) is 0 Å². The van der Waals surface area contributed by atoms with Crippen LogP contribution >= 0.6 is 0 Å². The number of allylic oxidation sites excluding steroid dienone is 16. The summed E-state index contributed by atoms with van der Waals surface area (Å²) in [6.07, 6.45) is 47.6. The monoisotopic (exact) mass is 1350 g/mol. The summed E-state index contributed by atoms with van der Waals surface area (Å²) in [4.78, 5) is 13.5. The fourth-order valence-corrected chi connectivity index (χ4v) is 12.0. The van der Waals surface area contributed by atoms with Gasteiger partial charge < -0.3 is 89.9 Å². The van der Waals surface area contributed by atoms with Crippen LogP contribution in [0, 0.1) is 0 Å². The van der Waals surface area contributed by atoms with E-state index in [4.69, 9.17) is 28.4 Å². The number of rotatable bonds is 56. The van der Waals surface area contributed by atoms with Crippen molar-refractivity contribution < 1.29 is 89.4 Å². The fourth-order valence-electron chi connectivity index (χ4n) is 12.0. The quantitative estimate of drug-likeness (QED) is 0.0199. The van der Waals surface area contributed by atoms with E-state index < -0.39 is 124 Å². The first kappa shape index (κ1) is 85.9. The summed E-state index contributed by atoms with van der Waals surface area (Å²) in [5.41, 5.74) is 0. The van der Waals surface area contributed by atoms with Gasteiger partial charge in [0.2, 0.25) is 5.91 Å². The predicted octanol–water partition coefficient (Wildman–Crippen LogP) is 10.8. The summed E-state index contributed by atoms with van der Waals surface area (Å²) < 4.78 is 34.4. The van der Waals surface area contributed by atoms with Crippen LogP contribution in [0.5, 0.6) is 0 Å². The second kappa shape index (κ2) is 56.5. The maximum Gasteiger partial charge on any atom is 0.220 e. The Morgan fingerprint density at radius 1 is 0.389 bits per heavy atom. The van der Waals surface area contributed by atoms with E-state index in [1.54, 1.807) is 0 Å². The molecule has 19 nitrogen and oxygen atoms in total. The average Bonchev–Trinajstić information content (AvgIpc) is 0.786. The van der Waals surface area contributed by atoms with Crippen LogP contribution in [0.25, 0.3) is 0 Å². The molecule has 3 aliphatic heterocycles. The third kappa shape index (κ3) is 37.6. The van der Waals surface area contributed by atoms with Gasteiger partial charge in [-0.25, -0.2) is 0 Å². The Morgan fingerprint density at radius 2 is 0.726 bits per heavy atom. The van der Waals surface area contributed by atoms with Crippen LogP contribution in [0.4, 0.5) is 0 Å². The third-order valence-electron chi connectivity index (χ3n) is 17.9. The normalized spacial score (nSPS) is 27.8. The van der Waals surface area contributed by atoms with Crippen molar-refractivity contribution in [2.45, 2.75) is 349 Å². The minimum atomic E-state index is -1.98. The number of carbonyl (C=O) groups is 1. The van der Waals surface area contributed by atoms with Gasteiger partial charge in [0.15, 0.2) is 18.9 Å². The average molecular weight is 1350 g/mol. The molecule has 0 aromatic heterocycles. The maximum absolute atomic E-state index is 13.5. The Kier molecular flexibility index (Phi) is 51.1. The Bertz CT molecular complexity index is 2100. The lowest BCUT2D eigenvalue weighted by Gasteiger charge is -2.48. The largest absolute Gasteiger partial charge is 0.394 e. The molecule has 1 amide bonds. The molecule has 3 aliphatic rings. The van der Waals surface area contributed by atoms with E-state index >= 15 is 0 Å². The molecule has 95 heavy (non-hydrogen) atoms. The molecule has 3 rings (SSSR count). The number of carbonyl (C=O) groups excluding carboxylic acids is 1. The summed E-state index contributed by atoms with van der Waals surface area (Å²) in [6, 6.07) is -0.910. The number of hydrogen-bond donors (Lipinski definition) is 12. The molecule has 0 saturated carbocycles. The summed E-state index contributed by atoms with van der Waals surface area (Å²) in [7, 11) is 0. The molecule has 3 heterocycles. The fraction of sp³-hybridized carbons (Fsp3) is 0.776. The SMILES string of the molecule is CC/C=C\C/C=C\C/C=C\C/C=C\C/C=C\C/C=C\C/C=C\C/C=C\CCCCCCC(=O)NC(COC1OC(CO)C(OC2OC(CO)C(OC3OC(CO)C(O)C(O)C3O)C(O)C2O)C(O)C1O)C(O)CCCCCCCCCCCCCCCCCCCCCCC. The van der Waals surface area contributed by atoms with Crippen LogP contribution in [-0.2, 0) is 33.2 Å². The molecule has 19 heteroatoms. The molecule has 17 unspecified atom stereocenters. The van der Waals surface area contributed by atoms with Gasteiger partial charge in [-0.05, 0) is 77.0 Å². The smallest absolute Gasteiger partial charge is 0.220 e. The molecule has 0 bridgehead atoms. The topological polar surface area (TPSA) is 307 Å². The second-order valence-electron chi connectivity index (χ2n) is 26.0. The second-order valence-corrected chi connectivity index (χ2v) is 26.0. The number of aliphatic hydroxyl groups excluding tert-OH is 11. The zero-order valence-electron chi connectivity index (χ0n) is 58.1. The number of hydrogen-bond acceptors (Lipinski definition) is 18. The van der Waals surface area contributed by atoms with Gasteiger partial charge >= 0.3 is 0 Å². The highest BCUT2D eigenvalue weighted by atomic mass is 16.8. The van der Waals surface area contributed by atoms with E-state index in [0.717, 1.165) is 103 Å². The summed E-state index contributed by atoms with van der Waals surface area (Å²) >= 11 is 0. The van der Waals surface area contributed by atoms with Crippen molar-refractivity contribution in [2.75, 3.05) is 26.4 Å². The number of unbranched alkanes of at least 4 members (excludes halogenated alkanes) is 24. The molecule has 12 N–H and O–H groups in total. The van der Waals surface area contributed by atoms with E-state index in [2.05, 4.69) is 116 Å². The molecule has 3 saturated heterocycles. The maximum atomic E-state index is 13.5. The van der Waals surface area contributed by atoms with Crippen LogP contribution in [-0.4, -0.2) is 193 Å². The molecule has 0 aromatic rings. The lowest BCUT2D eigenvalue weighted by Crippen LogP contribution is -2.66. The molecule has 0 aliphatic carbocycles. The van der Waals surface area contributed by atoms with Crippen molar-refractivity contribution in [1.82, 2.24) is 5.32 Å². The highest BCUT2D eigenvalue weighted by molar-refractivity contribution is 5.76. The van der Waals surface area contributed by atoms with Crippen molar-refractivity contribution in [2.24, 2.45) is 0 Å². The van der Waals surface area contributed by atoms with Gasteiger partial charge in [-0.2, -0.15) is 0 Å². The van der Waals surface area contributed by atoms with E-state index in [1.807, 2.05) is 0 Å². The van der Waals surface area contributed by atoms with Crippen LogP contribution in [0.2, 0.25) is 0 Å². The standard InChI is InChI=1S/C76H131NO18/c1-3-5-7-9-11-13-15-17-19-21-23-25-26-27-28-29-30-31-32-34-36-38-40-42-44-46-48-50-52-54-64(82)77-59(60(81)53-51-49-47-45-43-41-39-37-35-33-24-22-20-18-16-14-12-10-8-6-4-2)58-90-74-70(88)67(85)72(62(56-79)92-74)95-76-71(89)68(86)73(63(57-80)93-76)94-75-69(87)66(84)65(83)61(55-78)91-75/h5,7,11,13,17,19,23,25,27-28,30-31,34,36,40,42,59-63,65-76,78-81,83-89H,3-4,6,8-10,12,14-16,18,20-22,24,26,29,32-33,35,37-39,41,43-58H2,1-2H3,(H,77,82)/b7-5-,13-11-,19-17-,25-23-,28-27-,31-30-,36-34-,42-40-. The van der Waals surface area contributed by atoms with Crippen LogP contribution in [0.15, 0.2) is 97.2 Å². The first-order chi connectivity index (χ1) is 46.3. The predicted molar refractivity (Wildman–Crippen MR) is 374 cm³/mol. The minimum absolute atomic E-state index is 0.231. The molecule has 3 fully saturated rings. The van der Waals surface area contributed by atoms with Gasteiger partial charge in [0.05, 0.1) is 38.6 Å². The van der Waals surface area contributed by atoms with Crippen LogP contribution in [0.1, 0.15) is 245 Å². The van der Waals surface area contributed by atoms with Crippen molar-refractivity contribution in [3.05, 3.63) is 97.2 Å². The number of ether oxygens (including phenoxy) is 6. The highest BCUT2D eigenvalue weighted by Crippen LogP contribution is 2.33. The number of nitrogens with one attached hydrogen (secondary N) is 1. The molecular formula is C76H131NO18. The van der Waals surface area contributed by atoms with Gasteiger partial charge in [0.1, 0.15) is 73.2 Å². The van der Waals surface area contributed by atoms with Crippen LogP contribution < -0.4 is 5.32 Å². The lowest BCUT2D eigenvalue weighted by molar-refractivity contribution is -0.379. The zero-order valence-corrected chi connectivity index (χ0v) is 58.1. The first-order valence-corrected chi connectivity index (χ1v) is 37.0.